The Morgan fingerprint density at radius 2 is 1.90 bits per heavy atom. The second-order valence-corrected chi connectivity index (χ2v) is 4.85. The molecule has 0 heterocycles. The lowest BCUT2D eigenvalue weighted by Gasteiger charge is -2.11. The summed E-state index contributed by atoms with van der Waals surface area (Å²) in [5, 5.41) is 20.9. The quantitative estimate of drug-likeness (QED) is 0.747. The number of hydrogen-bond acceptors (Lipinski definition) is 3. The van der Waals surface area contributed by atoms with Crippen LogP contribution in [-0.4, -0.2) is 23.1 Å². The molecule has 2 aromatic carbocycles. The van der Waals surface area contributed by atoms with Crippen LogP contribution in [0.5, 0.6) is 0 Å². The molecule has 0 radical (unpaired) electrons. The van der Waals surface area contributed by atoms with Crippen LogP contribution in [0.1, 0.15) is 21.5 Å². The number of anilines is 1. The van der Waals surface area contributed by atoms with Gasteiger partial charge in [-0.3, -0.25) is 4.79 Å². The standard InChI is InChI=1S/C15H15BFNO3/c1-9-4-3-5-14(10(9)2)18-15(19)11-6-12(16(20)21)8-13(17)7-11/h3-8,20-21H,1-2H3,(H,18,19). The molecule has 4 nitrogen and oxygen atoms in total. The molecule has 21 heavy (non-hydrogen) atoms. The predicted octanol–water partition coefficient (Wildman–Crippen LogP) is 1.37. The molecule has 0 unspecified atom stereocenters. The Morgan fingerprint density at radius 1 is 1.19 bits per heavy atom. The molecule has 2 aromatic rings. The number of hydrogen-bond donors (Lipinski definition) is 3. The lowest BCUT2D eigenvalue weighted by atomic mass is 9.79. The van der Waals surface area contributed by atoms with Crippen LogP contribution in [0, 0.1) is 19.7 Å². The van der Waals surface area contributed by atoms with Crippen LogP contribution in [-0.2, 0) is 0 Å². The van der Waals surface area contributed by atoms with Gasteiger partial charge in [0.15, 0.2) is 0 Å². The van der Waals surface area contributed by atoms with Gasteiger partial charge in [0, 0.05) is 11.3 Å². The average Bonchev–Trinajstić information content (AvgIpc) is 2.43. The topological polar surface area (TPSA) is 69.6 Å². The fraction of sp³-hybridized carbons (Fsp3) is 0.133. The van der Waals surface area contributed by atoms with Gasteiger partial charge in [-0.25, -0.2) is 4.39 Å². The molecule has 0 bridgehead atoms. The molecule has 0 aliphatic rings. The Labute approximate surface area is 122 Å². The molecular formula is C15H15BFNO3. The summed E-state index contributed by atoms with van der Waals surface area (Å²) in [6.45, 7) is 3.80. The van der Waals surface area contributed by atoms with Gasteiger partial charge in [-0.1, -0.05) is 12.1 Å². The number of halogens is 1. The number of carbonyl (C=O) groups excluding carboxylic acids is 1. The van der Waals surface area contributed by atoms with Gasteiger partial charge in [0.05, 0.1) is 0 Å². The minimum Gasteiger partial charge on any atom is -0.423 e. The molecule has 0 atom stereocenters. The third-order valence-electron chi connectivity index (χ3n) is 3.33. The van der Waals surface area contributed by atoms with Crippen molar-refractivity contribution in [1.29, 1.82) is 0 Å². The lowest BCUT2D eigenvalue weighted by molar-refractivity contribution is 0.102. The zero-order valence-electron chi connectivity index (χ0n) is 11.7. The smallest absolute Gasteiger partial charge is 0.423 e. The van der Waals surface area contributed by atoms with Gasteiger partial charge >= 0.3 is 7.12 Å². The van der Waals surface area contributed by atoms with Crippen LogP contribution >= 0.6 is 0 Å². The van der Waals surface area contributed by atoms with Crippen molar-refractivity contribution < 1.29 is 19.2 Å². The van der Waals surface area contributed by atoms with Crippen molar-refractivity contribution in [3.63, 3.8) is 0 Å². The molecule has 0 aliphatic heterocycles. The fourth-order valence-corrected chi connectivity index (χ4v) is 1.97. The summed E-state index contributed by atoms with van der Waals surface area (Å²) in [6.07, 6.45) is 0. The summed E-state index contributed by atoms with van der Waals surface area (Å²) in [4.78, 5) is 12.2. The van der Waals surface area contributed by atoms with Crippen LogP contribution in [0.2, 0.25) is 0 Å². The molecule has 0 fully saturated rings. The highest BCUT2D eigenvalue weighted by atomic mass is 19.1. The zero-order chi connectivity index (χ0) is 15.6. The second-order valence-electron chi connectivity index (χ2n) is 4.85. The van der Waals surface area contributed by atoms with Crippen LogP contribution in [0.25, 0.3) is 0 Å². The van der Waals surface area contributed by atoms with Crippen LogP contribution < -0.4 is 10.8 Å². The summed E-state index contributed by atoms with van der Waals surface area (Å²) in [6, 6.07) is 8.75. The van der Waals surface area contributed by atoms with E-state index in [2.05, 4.69) is 5.32 Å². The van der Waals surface area contributed by atoms with Crippen molar-refractivity contribution in [1.82, 2.24) is 0 Å². The molecule has 0 saturated carbocycles. The first kappa shape index (κ1) is 15.2. The van der Waals surface area contributed by atoms with Crippen molar-refractivity contribution in [3.8, 4) is 0 Å². The van der Waals surface area contributed by atoms with E-state index in [4.69, 9.17) is 10.0 Å². The van der Waals surface area contributed by atoms with E-state index in [0.29, 0.717) is 5.69 Å². The second kappa shape index (κ2) is 6.07. The largest absolute Gasteiger partial charge is 0.488 e. The molecule has 3 N–H and O–H groups in total. The Balaban J connectivity index is 2.30. The SMILES string of the molecule is Cc1cccc(NC(=O)c2cc(F)cc(B(O)O)c2)c1C. The number of nitrogens with one attached hydrogen (secondary N) is 1. The lowest BCUT2D eigenvalue weighted by Crippen LogP contribution is -2.31. The van der Waals surface area contributed by atoms with Crippen molar-refractivity contribution in [2.24, 2.45) is 0 Å². The van der Waals surface area contributed by atoms with E-state index < -0.39 is 18.8 Å². The van der Waals surface area contributed by atoms with E-state index in [-0.39, 0.29) is 11.0 Å². The normalized spacial score (nSPS) is 10.3. The van der Waals surface area contributed by atoms with Gasteiger partial charge in [0.1, 0.15) is 5.82 Å². The van der Waals surface area contributed by atoms with E-state index in [1.54, 1.807) is 6.07 Å². The monoisotopic (exact) mass is 287 g/mol. The molecule has 1 amide bonds. The number of carbonyl (C=O) groups is 1. The number of amides is 1. The van der Waals surface area contributed by atoms with Crippen LogP contribution in [0.15, 0.2) is 36.4 Å². The van der Waals surface area contributed by atoms with Crippen molar-refractivity contribution in [2.45, 2.75) is 13.8 Å². The fourth-order valence-electron chi connectivity index (χ4n) is 1.97. The summed E-state index contributed by atoms with van der Waals surface area (Å²) in [7, 11) is -1.83. The third-order valence-corrected chi connectivity index (χ3v) is 3.33. The highest BCUT2D eigenvalue weighted by Gasteiger charge is 2.16. The summed E-state index contributed by atoms with van der Waals surface area (Å²) < 4.78 is 13.4. The molecular weight excluding hydrogens is 272 g/mol. The molecule has 0 aliphatic carbocycles. The maximum atomic E-state index is 13.4. The molecule has 0 saturated heterocycles. The molecule has 6 heteroatoms. The molecule has 0 spiro atoms. The highest BCUT2D eigenvalue weighted by Crippen LogP contribution is 2.18. The molecule has 108 valence electrons. The molecule has 0 aromatic heterocycles. The first-order chi connectivity index (χ1) is 9.88. The maximum absolute atomic E-state index is 13.4. The van der Waals surface area contributed by atoms with E-state index in [0.717, 1.165) is 23.3 Å². The van der Waals surface area contributed by atoms with Gasteiger partial charge < -0.3 is 15.4 Å². The van der Waals surface area contributed by atoms with Gasteiger partial charge in [-0.05, 0) is 54.7 Å². The molecule has 2 rings (SSSR count). The van der Waals surface area contributed by atoms with Crippen LogP contribution in [0.4, 0.5) is 10.1 Å². The number of rotatable bonds is 3. The summed E-state index contributed by atoms with van der Waals surface area (Å²) in [5.41, 5.74) is 2.54. The highest BCUT2D eigenvalue weighted by molar-refractivity contribution is 6.58. The number of benzene rings is 2. The first-order valence-electron chi connectivity index (χ1n) is 6.42. The van der Waals surface area contributed by atoms with E-state index in [9.17, 15) is 9.18 Å². The van der Waals surface area contributed by atoms with Crippen molar-refractivity contribution in [2.75, 3.05) is 5.32 Å². The van der Waals surface area contributed by atoms with E-state index in [1.807, 2.05) is 26.0 Å². The Hall–Kier alpha value is -2.18. The van der Waals surface area contributed by atoms with E-state index >= 15 is 0 Å². The maximum Gasteiger partial charge on any atom is 0.488 e. The first-order valence-corrected chi connectivity index (χ1v) is 6.42. The van der Waals surface area contributed by atoms with Crippen LogP contribution in [0.3, 0.4) is 0 Å². The number of aryl methyl sites for hydroxylation is 1. The van der Waals surface area contributed by atoms with Crippen molar-refractivity contribution in [3.05, 3.63) is 58.9 Å². The summed E-state index contributed by atoms with van der Waals surface area (Å²) >= 11 is 0. The minimum atomic E-state index is -1.83. The third kappa shape index (κ3) is 3.48. The predicted molar refractivity (Wildman–Crippen MR) is 80.1 cm³/mol. The average molecular weight is 287 g/mol. The van der Waals surface area contributed by atoms with E-state index in [1.165, 1.54) is 6.07 Å². The van der Waals surface area contributed by atoms with Gasteiger partial charge in [-0.2, -0.15) is 0 Å². The van der Waals surface area contributed by atoms with Gasteiger partial charge in [-0.15, -0.1) is 0 Å². The van der Waals surface area contributed by atoms with Crippen molar-refractivity contribution >= 4 is 24.2 Å². The summed E-state index contributed by atoms with van der Waals surface area (Å²) in [5.74, 6) is -1.21. The van der Waals surface area contributed by atoms with Gasteiger partial charge in [0.2, 0.25) is 0 Å². The Bertz CT molecular complexity index is 689. The zero-order valence-corrected chi connectivity index (χ0v) is 11.7. The Morgan fingerprint density at radius 3 is 2.57 bits per heavy atom. The minimum absolute atomic E-state index is 0.0269. The Kier molecular flexibility index (Phi) is 4.40. The van der Waals surface area contributed by atoms with Gasteiger partial charge in [0.25, 0.3) is 5.91 Å².